The average Bonchev–Trinajstić information content (AvgIpc) is 3.60. The molecule has 0 bridgehead atoms. The van der Waals surface area contributed by atoms with E-state index < -0.39 is 0 Å². The Morgan fingerprint density at radius 2 is 1.22 bits per heavy atom. The van der Waals surface area contributed by atoms with Crippen LogP contribution in [0.4, 0.5) is 0 Å². The lowest BCUT2D eigenvalue weighted by Gasteiger charge is -2.10. The maximum Gasteiger partial charge on any atom is 0.211 e. The minimum Gasteiger partial charge on any atom is -0.493 e. The van der Waals surface area contributed by atoms with Gasteiger partial charge in [-0.05, 0) is 54.6 Å². The van der Waals surface area contributed by atoms with E-state index in [0.717, 1.165) is 38.9 Å². The Labute approximate surface area is 223 Å². The molecular formula is C28H24ClN3O4S. The summed E-state index contributed by atoms with van der Waals surface area (Å²) in [5, 5.41) is 8.37. The molecule has 5 rings (SSSR count). The molecule has 0 aliphatic heterocycles. The first kappa shape index (κ1) is 24.7. The van der Waals surface area contributed by atoms with E-state index in [1.807, 2.05) is 76.8 Å². The largest absolute Gasteiger partial charge is 0.493 e. The molecule has 2 aromatic heterocycles. The number of thiazole rings is 1. The zero-order valence-corrected chi connectivity index (χ0v) is 22.3. The molecule has 3 aromatic carbocycles. The summed E-state index contributed by atoms with van der Waals surface area (Å²) in [5.74, 6) is 2.55. The third-order valence-corrected chi connectivity index (χ3v) is 6.95. The summed E-state index contributed by atoms with van der Waals surface area (Å²) in [7, 11) is 6.46. The Bertz CT molecular complexity index is 1550. The van der Waals surface area contributed by atoms with Crippen LogP contribution in [0.3, 0.4) is 0 Å². The topological polar surface area (TPSA) is 67.6 Å². The van der Waals surface area contributed by atoms with Gasteiger partial charge < -0.3 is 18.9 Å². The highest BCUT2D eigenvalue weighted by Crippen LogP contribution is 2.38. The molecule has 0 saturated carbocycles. The van der Waals surface area contributed by atoms with E-state index in [9.17, 15) is 0 Å². The predicted octanol–water partition coefficient (Wildman–Crippen LogP) is 7.02. The first-order valence-electron chi connectivity index (χ1n) is 11.3. The minimum atomic E-state index is 0.626. The fourth-order valence-corrected chi connectivity index (χ4v) is 4.90. The average molecular weight is 534 g/mol. The number of ether oxygens (including phenoxy) is 4. The predicted molar refractivity (Wildman–Crippen MR) is 147 cm³/mol. The lowest BCUT2D eigenvalue weighted by Crippen LogP contribution is -1.99. The number of benzene rings is 3. The molecule has 0 atom stereocenters. The molecule has 0 aliphatic carbocycles. The second kappa shape index (κ2) is 10.5. The number of nitrogens with zero attached hydrogens (tertiary/aromatic N) is 3. The van der Waals surface area contributed by atoms with Crippen molar-refractivity contribution in [1.82, 2.24) is 14.8 Å². The van der Waals surface area contributed by atoms with Crippen molar-refractivity contribution in [1.29, 1.82) is 0 Å². The van der Waals surface area contributed by atoms with Crippen LogP contribution in [0.15, 0.2) is 72.1 Å². The van der Waals surface area contributed by atoms with Crippen LogP contribution in [0.1, 0.15) is 0 Å². The van der Waals surface area contributed by atoms with Crippen molar-refractivity contribution in [2.75, 3.05) is 28.4 Å². The van der Waals surface area contributed by atoms with Crippen LogP contribution in [0.25, 0.3) is 38.9 Å². The SMILES string of the molecule is COc1ccc(-c2cc(-c3ccc(OC)c(OC)c3)n(-c3nc(-c4ccc(Cl)cc4)cs3)n2)cc1OC. The first-order chi connectivity index (χ1) is 18.0. The van der Waals surface area contributed by atoms with E-state index in [-0.39, 0.29) is 0 Å². The molecule has 2 heterocycles. The zero-order valence-electron chi connectivity index (χ0n) is 20.7. The van der Waals surface area contributed by atoms with Crippen molar-refractivity contribution < 1.29 is 18.9 Å². The number of hydrogen-bond acceptors (Lipinski definition) is 7. The first-order valence-corrected chi connectivity index (χ1v) is 12.6. The van der Waals surface area contributed by atoms with Crippen LogP contribution >= 0.6 is 22.9 Å². The van der Waals surface area contributed by atoms with Crippen LogP contribution in [-0.2, 0) is 0 Å². The fourth-order valence-electron chi connectivity index (χ4n) is 3.98. The molecule has 0 aliphatic rings. The zero-order chi connectivity index (χ0) is 25.9. The molecule has 0 amide bonds. The van der Waals surface area contributed by atoms with Crippen molar-refractivity contribution >= 4 is 22.9 Å². The van der Waals surface area contributed by atoms with Gasteiger partial charge in [-0.15, -0.1) is 11.3 Å². The van der Waals surface area contributed by atoms with Gasteiger partial charge in [0.25, 0.3) is 0 Å². The highest BCUT2D eigenvalue weighted by Gasteiger charge is 2.19. The van der Waals surface area contributed by atoms with Gasteiger partial charge >= 0.3 is 0 Å². The summed E-state index contributed by atoms with van der Waals surface area (Å²) in [5.41, 5.74) is 5.22. The molecule has 37 heavy (non-hydrogen) atoms. The third kappa shape index (κ3) is 4.85. The van der Waals surface area contributed by atoms with E-state index >= 15 is 0 Å². The smallest absolute Gasteiger partial charge is 0.211 e. The van der Waals surface area contributed by atoms with Crippen LogP contribution < -0.4 is 18.9 Å². The van der Waals surface area contributed by atoms with E-state index in [2.05, 4.69) is 0 Å². The number of methoxy groups -OCH3 is 4. The molecule has 0 fully saturated rings. The number of halogens is 1. The van der Waals surface area contributed by atoms with Crippen LogP contribution in [0, 0.1) is 0 Å². The Morgan fingerprint density at radius 3 is 1.84 bits per heavy atom. The van der Waals surface area contributed by atoms with Gasteiger partial charge in [0.1, 0.15) is 0 Å². The van der Waals surface area contributed by atoms with Gasteiger partial charge in [0.05, 0.1) is 45.5 Å². The van der Waals surface area contributed by atoms with Gasteiger partial charge in [-0.2, -0.15) is 5.10 Å². The lowest BCUT2D eigenvalue weighted by molar-refractivity contribution is 0.355. The summed E-state index contributed by atoms with van der Waals surface area (Å²) in [6.45, 7) is 0. The van der Waals surface area contributed by atoms with Gasteiger partial charge in [0.2, 0.25) is 5.13 Å². The summed E-state index contributed by atoms with van der Waals surface area (Å²) in [6, 6.07) is 21.1. The quantitative estimate of drug-likeness (QED) is 0.213. The fraction of sp³-hybridized carbons (Fsp3) is 0.143. The van der Waals surface area contributed by atoms with E-state index in [4.69, 9.17) is 40.6 Å². The standard InChI is InChI=1S/C28H24ClN3O4S/c1-33-24-11-7-18(13-26(24)35-3)21-15-23(19-8-12-25(34-2)27(14-19)36-4)32(31-21)28-30-22(16-37-28)17-5-9-20(29)10-6-17/h5-16H,1-4H3. The third-order valence-electron chi connectivity index (χ3n) is 5.88. The van der Waals surface area contributed by atoms with Gasteiger partial charge in [0.15, 0.2) is 23.0 Å². The van der Waals surface area contributed by atoms with Crippen molar-refractivity contribution in [2.45, 2.75) is 0 Å². The molecule has 188 valence electrons. The molecule has 0 saturated heterocycles. The lowest BCUT2D eigenvalue weighted by atomic mass is 10.1. The molecule has 0 spiro atoms. The number of rotatable bonds is 8. The van der Waals surface area contributed by atoms with E-state index in [0.29, 0.717) is 28.0 Å². The maximum absolute atomic E-state index is 6.07. The monoisotopic (exact) mass is 533 g/mol. The molecule has 0 unspecified atom stereocenters. The number of hydrogen-bond donors (Lipinski definition) is 0. The molecular weight excluding hydrogens is 510 g/mol. The molecule has 0 N–H and O–H groups in total. The highest BCUT2D eigenvalue weighted by atomic mass is 35.5. The second-order valence-electron chi connectivity index (χ2n) is 7.99. The van der Waals surface area contributed by atoms with Gasteiger partial charge in [-0.1, -0.05) is 23.7 Å². The summed E-state index contributed by atoms with van der Waals surface area (Å²) in [6.07, 6.45) is 0. The summed E-state index contributed by atoms with van der Waals surface area (Å²) in [4.78, 5) is 4.89. The van der Waals surface area contributed by atoms with Crippen LogP contribution in [0.5, 0.6) is 23.0 Å². The Morgan fingerprint density at radius 1 is 0.649 bits per heavy atom. The Kier molecular flexibility index (Phi) is 7.03. The second-order valence-corrected chi connectivity index (χ2v) is 9.26. The van der Waals surface area contributed by atoms with E-state index in [1.165, 1.54) is 11.3 Å². The van der Waals surface area contributed by atoms with Crippen LogP contribution in [-0.4, -0.2) is 43.2 Å². The van der Waals surface area contributed by atoms with Gasteiger partial charge in [0, 0.05) is 27.1 Å². The minimum absolute atomic E-state index is 0.626. The highest BCUT2D eigenvalue weighted by molar-refractivity contribution is 7.12. The molecule has 0 radical (unpaired) electrons. The van der Waals surface area contributed by atoms with Gasteiger partial charge in [-0.3, -0.25) is 0 Å². The molecule has 5 aromatic rings. The Hall–Kier alpha value is -4.01. The van der Waals surface area contributed by atoms with Crippen molar-refractivity contribution in [3.63, 3.8) is 0 Å². The van der Waals surface area contributed by atoms with E-state index in [1.54, 1.807) is 28.4 Å². The molecule has 9 heteroatoms. The summed E-state index contributed by atoms with van der Waals surface area (Å²) >= 11 is 7.57. The van der Waals surface area contributed by atoms with Crippen LogP contribution in [0.2, 0.25) is 5.02 Å². The van der Waals surface area contributed by atoms with Gasteiger partial charge in [-0.25, -0.2) is 9.67 Å². The summed E-state index contributed by atoms with van der Waals surface area (Å²) < 4.78 is 23.7. The maximum atomic E-state index is 6.07. The number of aromatic nitrogens is 3. The molecule has 7 nitrogen and oxygen atoms in total. The Balaban J connectivity index is 1.65. The normalized spacial score (nSPS) is 10.8. The van der Waals surface area contributed by atoms with Crippen molar-refractivity contribution in [3.8, 4) is 61.9 Å². The van der Waals surface area contributed by atoms with Crippen molar-refractivity contribution in [3.05, 3.63) is 77.1 Å². The van der Waals surface area contributed by atoms with Crippen molar-refractivity contribution in [2.24, 2.45) is 0 Å².